The lowest BCUT2D eigenvalue weighted by molar-refractivity contribution is 0.0970. The molecule has 0 aromatic carbocycles. The van der Waals surface area contributed by atoms with Crippen LogP contribution in [0.1, 0.15) is 25.7 Å². The first-order valence-electron chi connectivity index (χ1n) is 6.40. The van der Waals surface area contributed by atoms with Gasteiger partial charge >= 0.3 is 0 Å². The van der Waals surface area contributed by atoms with Crippen LogP contribution >= 0.6 is 0 Å². The van der Waals surface area contributed by atoms with Crippen LogP contribution in [0.4, 0.5) is 0 Å². The highest BCUT2D eigenvalue weighted by Gasteiger charge is 2.38. The number of ether oxygens (including phenoxy) is 1. The monoisotopic (exact) mass is 312 g/mol. The number of sulfonamides is 2. The highest BCUT2D eigenvalue weighted by Crippen LogP contribution is 2.24. The van der Waals surface area contributed by atoms with E-state index in [9.17, 15) is 16.8 Å². The fraction of sp³-hybridized carbons (Fsp3) is 1.00. The number of rotatable bonds is 3. The van der Waals surface area contributed by atoms with Crippen LogP contribution in [0.15, 0.2) is 0 Å². The van der Waals surface area contributed by atoms with E-state index >= 15 is 0 Å². The Morgan fingerprint density at radius 1 is 1.00 bits per heavy atom. The maximum absolute atomic E-state index is 12.4. The molecule has 0 aromatic heterocycles. The Balaban J connectivity index is 2.11. The van der Waals surface area contributed by atoms with E-state index in [-0.39, 0.29) is 6.54 Å². The molecular formula is C10H20N2O5S2. The van der Waals surface area contributed by atoms with Crippen molar-refractivity contribution in [2.24, 2.45) is 5.14 Å². The molecule has 7 nitrogen and oxygen atoms in total. The molecule has 1 unspecified atom stereocenters. The van der Waals surface area contributed by atoms with Crippen LogP contribution in [0, 0.1) is 0 Å². The fourth-order valence-corrected chi connectivity index (χ4v) is 5.55. The molecule has 0 radical (unpaired) electrons. The lowest BCUT2D eigenvalue weighted by Crippen LogP contribution is -2.50. The molecule has 112 valence electrons. The van der Waals surface area contributed by atoms with Gasteiger partial charge in [0.15, 0.2) is 0 Å². The Kier molecular flexibility index (Phi) is 4.51. The highest BCUT2D eigenvalue weighted by molar-refractivity contribution is 7.90. The summed E-state index contributed by atoms with van der Waals surface area (Å²) in [5.74, 6) is 0. The van der Waals surface area contributed by atoms with Crippen molar-refractivity contribution in [3.05, 3.63) is 0 Å². The van der Waals surface area contributed by atoms with Crippen molar-refractivity contribution in [3.8, 4) is 0 Å². The minimum Gasteiger partial charge on any atom is -0.381 e. The predicted molar refractivity (Wildman–Crippen MR) is 70.5 cm³/mol. The Labute approximate surface area is 114 Å². The molecule has 2 fully saturated rings. The molecule has 9 heteroatoms. The number of hydrogen-bond acceptors (Lipinski definition) is 5. The maximum atomic E-state index is 12.4. The SMILES string of the molecule is NS(=O)(=O)C1CCCN(S(=O)(=O)C2CCOCC2)C1. The van der Waals surface area contributed by atoms with Crippen molar-refractivity contribution in [2.75, 3.05) is 26.3 Å². The molecule has 2 aliphatic heterocycles. The number of hydrogen-bond donors (Lipinski definition) is 1. The molecule has 2 aliphatic rings. The predicted octanol–water partition coefficient (Wildman–Crippen LogP) is -0.752. The second-order valence-electron chi connectivity index (χ2n) is 5.07. The number of primary sulfonamides is 1. The smallest absolute Gasteiger partial charge is 0.217 e. The van der Waals surface area contributed by atoms with E-state index in [0.29, 0.717) is 45.4 Å². The summed E-state index contributed by atoms with van der Waals surface area (Å²) in [4.78, 5) is 0. The molecule has 2 N–H and O–H groups in total. The Morgan fingerprint density at radius 2 is 1.63 bits per heavy atom. The summed E-state index contributed by atoms with van der Waals surface area (Å²) in [6, 6.07) is 0. The Hall–Kier alpha value is -0.220. The van der Waals surface area contributed by atoms with Gasteiger partial charge in [-0.15, -0.1) is 0 Å². The van der Waals surface area contributed by atoms with E-state index in [1.807, 2.05) is 0 Å². The Bertz CT molecular complexity index is 510. The third-order valence-electron chi connectivity index (χ3n) is 3.75. The van der Waals surface area contributed by atoms with Crippen molar-refractivity contribution in [3.63, 3.8) is 0 Å². The van der Waals surface area contributed by atoms with E-state index in [1.54, 1.807) is 0 Å². The van der Waals surface area contributed by atoms with Gasteiger partial charge in [0.1, 0.15) is 0 Å². The molecule has 0 aliphatic carbocycles. The second-order valence-corrected chi connectivity index (χ2v) is 9.13. The van der Waals surface area contributed by atoms with Gasteiger partial charge in [0.05, 0.1) is 10.5 Å². The van der Waals surface area contributed by atoms with E-state index < -0.39 is 30.5 Å². The summed E-state index contributed by atoms with van der Waals surface area (Å²) < 4.78 is 54.1. The van der Waals surface area contributed by atoms with E-state index in [1.165, 1.54) is 4.31 Å². The van der Waals surface area contributed by atoms with Gasteiger partial charge < -0.3 is 4.74 Å². The van der Waals surface area contributed by atoms with Crippen molar-refractivity contribution in [2.45, 2.75) is 36.2 Å². The lowest BCUT2D eigenvalue weighted by atomic mass is 10.2. The molecule has 2 heterocycles. The van der Waals surface area contributed by atoms with Crippen molar-refractivity contribution in [1.29, 1.82) is 0 Å². The van der Waals surface area contributed by atoms with Gasteiger partial charge in [-0.05, 0) is 25.7 Å². The first-order chi connectivity index (χ1) is 8.82. The largest absolute Gasteiger partial charge is 0.381 e. The third-order valence-corrected chi connectivity index (χ3v) is 7.43. The minimum atomic E-state index is -3.68. The van der Waals surface area contributed by atoms with E-state index in [4.69, 9.17) is 9.88 Å². The zero-order valence-corrected chi connectivity index (χ0v) is 12.3. The van der Waals surface area contributed by atoms with Crippen molar-refractivity contribution >= 4 is 20.0 Å². The van der Waals surface area contributed by atoms with Crippen molar-refractivity contribution < 1.29 is 21.6 Å². The highest BCUT2D eigenvalue weighted by atomic mass is 32.2. The van der Waals surface area contributed by atoms with Gasteiger partial charge in [-0.3, -0.25) is 0 Å². The van der Waals surface area contributed by atoms with Crippen LogP contribution in [0.2, 0.25) is 0 Å². The van der Waals surface area contributed by atoms with Gasteiger partial charge in [0, 0.05) is 26.3 Å². The van der Waals surface area contributed by atoms with Crippen LogP contribution < -0.4 is 5.14 Å². The van der Waals surface area contributed by atoms with Gasteiger partial charge in [0.25, 0.3) is 0 Å². The van der Waals surface area contributed by atoms with E-state index in [2.05, 4.69) is 0 Å². The Morgan fingerprint density at radius 3 is 2.21 bits per heavy atom. The molecular weight excluding hydrogens is 292 g/mol. The van der Waals surface area contributed by atoms with Crippen LogP contribution in [0.3, 0.4) is 0 Å². The average molecular weight is 312 g/mol. The van der Waals surface area contributed by atoms with Crippen LogP contribution in [0.25, 0.3) is 0 Å². The first-order valence-corrected chi connectivity index (χ1v) is 9.51. The molecule has 0 bridgehead atoms. The molecule has 0 amide bonds. The number of nitrogens with zero attached hydrogens (tertiary/aromatic N) is 1. The summed E-state index contributed by atoms with van der Waals surface area (Å²) in [7, 11) is -7.13. The summed E-state index contributed by atoms with van der Waals surface area (Å²) >= 11 is 0. The number of piperidine rings is 1. The summed E-state index contributed by atoms with van der Waals surface area (Å²) in [6.45, 7) is 1.25. The summed E-state index contributed by atoms with van der Waals surface area (Å²) in [6.07, 6.45) is 1.90. The van der Waals surface area contributed by atoms with Crippen LogP contribution in [-0.2, 0) is 24.8 Å². The normalized spacial score (nSPS) is 28.4. The quantitative estimate of drug-likeness (QED) is 0.738. The minimum absolute atomic E-state index is 0.0154. The van der Waals surface area contributed by atoms with Gasteiger partial charge in [-0.1, -0.05) is 0 Å². The van der Waals surface area contributed by atoms with Gasteiger partial charge in [-0.25, -0.2) is 26.3 Å². The zero-order chi connectivity index (χ0) is 14.1. The third kappa shape index (κ3) is 3.46. The van der Waals surface area contributed by atoms with Crippen LogP contribution in [0.5, 0.6) is 0 Å². The summed E-state index contributed by atoms with van der Waals surface area (Å²) in [5, 5.41) is 3.89. The van der Waals surface area contributed by atoms with Gasteiger partial charge in [0.2, 0.25) is 20.0 Å². The molecule has 1 atom stereocenters. The first kappa shape index (κ1) is 15.2. The maximum Gasteiger partial charge on any atom is 0.217 e. The second kappa shape index (κ2) is 5.65. The topological polar surface area (TPSA) is 107 Å². The molecule has 2 saturated heterocycles. The molecule has 2 rings (SSSR count). The van der Waals surface area contributed by atoms with E-state index in [0.717, 1.165) is 0 Å². The fourth-order valence-electron chi connectivity index (χ4n) is 2.59. The molecule has 0 saturated carbocycles. The lowest BCUT2D eigenvalue weighted by Gasteiger charge is -2.34. The van der Waals surface area contributed by atoms with Crippen LogP contribution in [-0.4, -0.2) is 57.9 Å². The zero-order valence-electron chi connectivity index (χ0n) is 10.7. The average Bonchev–Trinajstić information content (AvgIpc) is 2.39. The van der Waals surface area contributed by atoms with Gasteiger partial charge in [-0.2, -0.15) is 0 Å². The summed E-state index contributed by atoms with van der Waals surface area (Å²) in [5.41, 5.74) is 0. The molecule has 0 aromatic rings. The standard InChI is InChI=1S/C10H20N2O5S2/c11-18(13,14)10-2-1-5-12(8-10)19(15,16)9-3-6-17-7-4-9/h9-10H,1-8H2,(H2,11,13,14). The number of nitrogens with two attached hydrogens (primary N) is 1. The molecule has 19 heavy (non-hydrogen) atoms. The van der Waals surface area contributed by atoms with Crippen molar-refractivity contribution in [1.82, 2.24) is 4.31 Å². The molecule has 0 spiro atoms.